The van der Waals surface area contributed by atoms with Crippen molar-refractivity contribution < 1.29 is 24.2 Å². The molecule has 0 bridgehead atoms. The smallest absolute Gasteiger partial charge is 0.312 e. The molecular formula is C48H93NO5. The quantitative estimate of drug-likeness (QED) is 0.0494. The second-order valence-electron chi connectivity index (χ2n) is 17.2. The number of unbranched alkanes of at least 4 members (excludes halogenated alkanes) is 23. The molecule has 1 aliphatic carbocycles. The Morgan fingerprint density at radius 1 is 0.556 bits per heavy atom. The number of aliphatic hydroxyl groups is 1. The van der Waals surface area contributed by atoms with E-state index in [2.05, 4.69) is 25.7 Å². The van der Waals surface area contributed by atoms with Gasteiger partial charge >= 0.3 is 11.9 Å². The van der Waals surface area contributed by atoms with Gasteiger partial charge in [-0.05, 0) is 83.7 Å². The molecule has 54 heavy (non-hydrogen) atoms. The fourth-order valence-corrected chi connectivity index (χ4v) is 8.53. The summed E-state index contributed by atoms with van der Waals surface area (Å²) in [5.41, 5.74) is -0.247. The molecule has 0 saturated heterocycles. The first kappa shape index (κ1) is 50.9. The summed E-state index contributed by atoms with van der Waals surface area (Å²) in [7, 11) is 0. The highest BCUT2D eigenvalue weighted by Crippen LogP contribution is 2.44. The number of nitrogens with zero attached hydrogens (tertiary/aromatic N) is 1. The third kappa shape index (κ3) is 28.3. The van der Waals surface area contributed by atoms with E-state index >= 15 is 0 Å². The number of carbonyl (C=O) groups is 2. The number of carbonyl (C=O) groups excluding carboxylic acids is 2. The van der Waals surface area contributed by atoms with E-state index in [1.807, 2.05) is 0 Å². The number of hydrogen-bond acceptors (Lipinski definition) is 6. The first-order valence-electron chi connectivity index (χ1n) is 24.2. The summed E-state index contributed by atoms with van der Waals surface area (Å²) in [5.74, 6) is 0.0822. The van der Waals surface area contributed by atoms with Crippen LogP contribution in [0.1, 0.15) is 252 Å². The SMILES string of the molecule is CCCCCCCCCCCOC(=O)CCCCCN(CCO)CCCCCCC1(C(=O)OC(CCCCCCCC)CCCCCCCC)CCCC1. The van der Waals surface area contributed by atoms with Gasteiger partial charge < -0.3 is 19.5 Å². The van der Waals surface area contributed by atoms with E-state index in [0.717, 1.165) is 116 Å². The molecular weight excluding hydrogens is 671 g/mol. The van der Waals surface area contributed by atoms with E-state index in [1.54, 1.807) is 0 Å². The largest absolute Gasteiger partial charge is 0.466 e. The van der Waals surface area contributed by atoms with Gasteiger partial charge in [0, 0.05) is 13.0 Å². The molecule has 1 aliphatic rings. The summed E-state index contributed by atoms with van der Waals surface area (Å²) >= 11 is 0. The van der Waals surface area contributed by atoms with Crippen molar-refractivity contribution in [3.05, 3.63) is 0 Å². The number of hydrogen-bond donors (Lipinski definition) is 1. The lowest BCUT2D eigenvalue weighted by atomic mass is 9.80. The second kappa shape index (κ2) is 37.4. The standard InChI is InChI=1S/C48H93NO5/c1-4-7-10-13-16-17-18-23-33-44-53-46(51)36-27-24-32-41-49(42-43-50)40-31-22-21-28-37-48(38-29-30-39-48)47(52)54-45(34-25-19-14-11-8-5-2)35-26-20-15-12-9-6-3/h45,50H,4-44H2,1-3H3. The fraction of sp³-hybridized carbons (Fsp3) is 0.958. The van der Waals surface area contributed by atoms with Gasteiger partial charge in [0.1, 0.15) is 6.10 Å². The van der Waals surface area contributed by atoms with Crippen molar-refractivity contribution in [2.75, 3.05) is 32.8 Å². The van der Waals surface area contributed by atoms with Gasteiger partial charge in [-0.3, -0.25) is 9.59 Å². The maximum absolute atomic E-state index is 13.8. The summed E-state index contributed by atoms with van der Waals surface area (Å²) in [6, 6.07) is 0. The van der Waals surface area contributed by atoms with Gasteiger partial charge in [0.2, 0.25) is 0 Å². The Hall–Kier alpha value is -1.14. The van der Waals surface area contributed by atoms with E-state index in [9.17, 15) is 14.7 Å². The topological polar surface area (TPSA) is 76.1 Å². The Kier molecular flexibility index (Phi) is 35.3. The molecule has 6 nitrogen and oxygen atoms in total. The molecule has 1 rings (SSSR count). The van der Waals surface area contributed by atoms with Gasteiger partial charge in [0.05, 0.1) is 18.6 Å². The van der Waals surface area contributed by atoms with Crippen LogP contribution in [0.5, 0.6) is 0 Å². The van der Waals surface area contributed by atoms with Gasteiger partial charge in [-0.15, -0.1) is 0 Å². The minimum Gasteiger partial charge on any atom is -0.466 e. The summed E-state index contributed by atoms with van der Waals surface area (Å²) < 4.78 is 11.9. The number of rotatable bonds is 41. The molecule has 1 fully saturated rings. The zero-order chi connectivity index (χ0) is 39.2. The first-order valence-corrected chi connectivity index (χ1v) is 24.2. The average molecular weight is 764 g/mol. The summed E-state index contributed by atoms with van der Waals surface area (Å²) in [6.45, 7) is 10.3. The van der Waals surface area contributed by atoms with Crippen molar-refractivity contribution in [3.8, 4) is 0 Å². The predicted octanol–water partition coefficient (Wildman–Crippen LogP) is 13.8. The fourth-order valence-electron chi connectivity index (χ4n) is 8.53. The Labute approximate surface area is 336 Å². The van der Waals surface area contributed by atoms with Gasteiger partial charge in [0.25, 0.3) is 0 Å². The number of ether oxygens (including phenoxy) is 2. The van der Waals surface area contributed by atoms with Crippen LogP contribution in [0.4, 0.5) is 0 Å². The highest BCUT2D eigenvalue weighted by Gasteiger charge is 2.42. The van der Waals surface area contributed by atoms with Crippen LogP contribution in [0.2, 0.25) is 0 Å². The molecule has 320 valence electrons. The molecule has 0 heterocycles. The minimum absolute atomic E-state index is 0.0458. The van der Waals surface area contributed by atoms with Gasteiger partial charge in [-0.2, -0.15) is 0 Å². The van der Waals surface area contributed by atoms with E-state index in [1.165, 1.54) is 122 Å². The van der Waals surface area contributed by atoms with E-state index in [4.69, 9.17) is 9.47 Å². The highest BCUT2D eigenvalue weighted by molar-refractivity contribution is 5.77. The van der Waals surface area contributed by atoms with E-state index in [-0.39, 0.29) is 30.1 Å². The monoisotopic (exact) mass is 764 g/mol. The van der Waals surface area contributed by atoms with Crippen molar-refractivity contribution >= 4 is 11.9 Å². The first-order chi connectivity index (χ1) is 26.5. The van der Waals surface area contributed by atoms with Crippen LogP contribution < -0.4 is 0 Å². The Bertz CT molecular complexity index is 812. The maximum Gasteiger partial charge on any atom is 0.312 e. The summed E-state index contributed by atoms with van der Waals surface area (Å²) in [6.07, 6.45) is 42.4. The van der Waals surface area contributed by atoms with Crippen molar-refractivity contribution in [1.82, 2.24) is 4.90 Å². The van der Waals surface area contributed by atoms with Crippen molar-refractivity contribution in [3.63, 3.8) is 0 Å². The molecule has 0 radical (unpaired) electrons. The molecule has 6 heteroatoms. The second-order valence-corrected chi connectivity index (χ2v) is 17.2. The maximum atomic E-state index is 13.8. The van der Waals surface area contributed by atoms with Gasteiger partial charge in [-0.25, -0.2) is 0 Å². The third-order valence-electron chi connectivity index (χ3n) is 12.2. The van der Waals surface area contributed by atoms with Gasteiger partial charge in [0.15, 0.2) is 0 Å². The van der Waals surface area contributed by atoms with Crippen molar-refractivity contribution in [2.45, 2.75) is 258 Å². The molecule has 0 aromatic heterocycles. The van der Waals surface area contributed by atoms with Crippen molar-refractivity contribution in [2.24, 2.45) is 5.41 Å². The van der Waals surface area contributed by atoms with E-state index < -0.39 is 0 Å². The Balaban J connectivity index is 2.29. The van der Waals surface area contributed by atoms with E-state index in [0.29, 0.717) is 19.6 Å². The van der Waals surface area contributed by atoms with Crippen LogP contribution in [-0.2, 0) is 19.1 Å². The van der Waals surface area contributed by atoms with Crippen LogP contribution >= 0.6 is 0 Å². The average Bonchev–Trinajstić information content (AvgIpc) is 3.66. The normalized spacial score (nSPS) is 14.0. The van der Waals surface area contributed by atoms with Crippen LogP contribution in [0.25, 0.3) is 0 Å². The van der Waals surface area contributed by atoms with Crippen LogP contribution in [0, 0.1) is 5.41 Å². The highest BCUT2D eigenvalue weighted by atomic mass is 16.5. The van der Waals surface area contributed by atoms with Crippen molar-refractivity contribution in [1.29, 1.82) is 0 Å². The predicted molar refractivity (Wildman–Crippen MR) is 230 cm³/mol. The molecule has 0 unspecified atom stereocenters. The zero-order valence-corrected chi connectivity index (χ0v) is 36.6. The molecule has 1 saturated carbocycles. The number of aliphatic hydroxyl groups excluding tert-OH is 1. The third-order valence-corrected chi connectivity index (χ3v) is 12.2. The Morgan fingerprint density at radius 3 is 1.52 bits per heavy atom. The molecule has 0 aromatic rings. The molecule has 1 N–H and O–H groups in total. The summed E-state index contributed by atoms with van der Waals surface area (Å²) in [4.78, 5) is 28.4. The van der Waals surface area contributed by atoms with Crippen LogP contribution in [0.3, 0.4) is 0 Å². The zero-order valence-electron chi connectivity index (χ0n) is 36.6. The van der Waals surface area contributed by atoms with Crippen LogP contribution in [0.15, 0.2) is 0 Å². The lowest BCUT2D eigenvalue weighted by Crippen LogP contribution is -2.33. The molecule has 0 aliphatic heterocycles. The van der Waals surface area contributed by atoms with Crippen LogP contribution in [-0.4, -0.2) is 60.9 Å². The summed E-state index contributed by atoms with van der Waals surface area (Å²) in [5, 5.41) is 9.65. The lowest BCUT2D eigenvalue weighted by molar-refractivity contribution is -0.163. The molecule has 0 spiro atoms. The molecule has 0 amide bonds. The molecule has 0 aromatic carbocycles. The number of esters is 2. The lowest BCUT2D eigenvalue weighted by Gasteiger charge is -2.30. The Morgan fingerprint density at radius 2 is 1.00 bits per heavy atom. The minimum atomic E-state index is -0.247. The van der Waals surface area contributed by atoms with Gasteiger partial charge in [-0.1, -0.05) is 175 Å². The molecule has 0 atom stereocenters.